The number of carboxylic acids is 1. The van der Waals surface area contributed by atoms with Crippen LogP contribution in [0.15, 0.2) is 18.3 Å². The second kappa shape index (κ2) is 4.93. The van der Waals surface area contributed by atoms with Crippen LogP contribution < -0.4 is 4.72 Å². The number of aromatic nitrogens is 1. The van der Waals surface area contributed by atoms with Gasteiger partial charge in [-0.15, -0.1) is 0 Å². The van der Waals surface area contributed by atoms with E-state index in [1.165, 1.54) is 18.3 Å². The first-order valence-electron chi connectivity index (χ1n) is 5.70. The summed E-state index contributed by atoms with van der Waals surface area (Å²) in [6.07, 6.45) is 4.37. The minimum Gasteiger partial charge on any atom is -0.478 e. The van der Waals surface area contributed by atoms with E-state index in [0.29, 0.717) is 12.8 Å². The second-order valence-corrected chi connectivity index (χ2v) is 6.22. The lowest BCUT2D eigenvalue weighted by molar-refractivity contribution is 0.0697. The van der Waals surface area contributed by atoms with Crippen LogP contribution in [0.4, 0.5) is 5.82 Å². The van der Waals surface area contributed by atoms with Crippen molar-refractivity contribution < 1.29 is 18.3 Å². The fraction of sp³-hybridized carbons (Fsp3) is 0.455. The molecule has 18 heavy (non-hydrogen) atoms. The number of carbonyl (C=O) groups is 1. The van der Waals surface area contributed by atoms with E-state index in [1.54, 1.807) is 0 Å². The molecule has 0 saturated heterocycles. The Labute approximate surface area is 105 Å². The Hall–Kier alpha value is -1.63. The smallest absolute Gasteiger partial charge is 0.339 e. The van der Waals surface area contributed by atoms with Gasteiger partial charge in [-0.25, -0.2) is 18.2 Å². The summed E-state index contributed by atoms with van der Waals surface area (Å²) in [5, 5.41) is 8.51. The fourth-order valence-electron chi connectivity index (χ4n) is 2.08. The molecule has 0 spiro atoms. The zero-order valence-corrected chi connectivity index (χ0v) is 10.5. The summed E-state index contributed by atoms with van der Waals surface area (Å²) in [4.78, 5) is 14.7. The van der Waals surface area contributed by atoms with Crippen molar-refractivity contribution in [2.75, 3.05) is 4.72 Å². The molecule has 0 amide bonds. The average Bonchev–Trinajstić information content (AvgIpc) is 2.83. The molecule has 2 rings (SSSR count). The van der Waals surface area contributed by atoms with Gasteiger partial charge in [-0.2, -0.15) is 0 Å². The Bertz CT molecular complexity index is 550. The number of hydrogen-bond donors (Lipinski definition) is 2. The standard InChI is InChI=1S/C11H14N2O4S/c14-11(15)9-6-3-7-12-10(9)13-18(16,17)8-4-1-2-5-8/h3,6-8H,1-2,4-5H2,(H,12,13)(H,14,15). The molecule has 1 aromatic heterocycles. The molecule has 0 aromatic carbocycles. The van der Waals surface area contributed by atoms with Crippen LogP contribution in [0.5, 0.6) is 0 Å². The Balaban J connectivity index is 2.26. The minimum absolute atomic E-state index is 0.114. The normalized spacial score (nSPS) is 16.7. The predicted octanol–water partition coefficient (Wildman–Crippen LogP) is 1.46. The lowest BCUT2D eigenvalue weighted by Gasteiger charge is -2.13. The van der Waals surface area contributed by atoms with E-state index in [9.17, 15) is 13.2 Å². The van der Waals surface area contributed by atoms with Gasteiger partial charge in [0.25, 0.3) is 0 Å². The third-order valence-electron chi connectivity index (χ3n) is 3.02. The number of sulfonamides is 1. The predicted molar refractivity (Wildman–Crippen MR) is 66.0 cm³/mol. The first kappa shape index (κ1) is 12.8. The van der Waals surface area contributed by atoms with Gasteiger partial charge in [0.15, 0.2) is 5.82 Å². The molecule has 2 N–H and O–H groups in total. The number of aromatic carboxylic acids is 1. The van der Waals surface area contributed by atoms with Crippen molar-refractivity contribution in [3.8, 4) is 0 Å². The van der Waals surface area contributed by atoms with Gasteiger partial charge < -0.3 is 5.11 Å². The highest BCUT2D eigenvalue weighted by Crippen LogP contribution is 2.26. The summed E-state index contributed by atoms with van der Waals surface area (Å²) in [5.41, 5.74) is -0.140. The number of carboxylic acid groups (broad SMARTS) is 1. The van der Waals surface area contributed by atoms with Crippen LogP contribution in [-0.2, 0) is 10.0 Å². The number of rotatable bonds is 4. The number of anilines is 1. The maximum absolute atomic E-state index is 12.0. The molecule has 1 aliphatic carbocycles. The molecule has 6 nitrogen and oxygen atoms in total. The van der Waals surface area contributed by atoms with Crippen LogP contribution in [0.1, 0.15) is 36.0 Å². The summed E-state index contributed by atoms with van der Waals surface area (Å²) in [6.45, 7) is 0. The fourth-order valence-corrected chi connectivity index (χ4v) is 3.63. The summed E-state index contributed by atoms with van der Waals surface area (Å²) >= 11 is 0. The van der Waals surface area contributed by atoms with Crippen molar-refractivity contribution in [3.63, 3.8) is 0 Å². The van der Waals surface area contributed by atoms with E-state index < -0.39 is 21.2 Å². The van der Waals surface area contributed by atoms with Crippen molar-refractivity contribution in [2.24, 2.45) is 0 Å². The molecule has 1 aromatic rings. The molecule has 1 fully saturated rings. The Morgan fingerprint density at radius 1 is 1.39 bits per heavy atom. The van der Waals surface area contributed by atoms with Gasteiger partial charge in [-0.1, -0.05) is 12.8 Å². The SMILES string of the molecule is O=C(O)c1cccnc1NS(=O)(=O)C1CCCC1. The summed E-state index contributed by atoms with van der Waals surface area (Å²) in [7, 11) is -3.54. The van der Waals surface area contributed by atoms with Crippen LogP contribution in [0, 0.1) is 0 Å². The topological polar surface area (TPSA) is 96.4 Å². The molecule has 0 radical (unpaired) electrons. The van der Waals surface area contributed by atoms with Gasteiger partial charge in [0.1, 0.15) is 5.56 Å². The largest absolute Gasteiger partial charge is 0.478 e. The van der Waals surface area contributed by atoms with Gasteiger partial charge >= 0.3 is 5.97 Å². The summed E-state index contributed by atoms with van der Waals surface area (Å²) < 4.78 is 26.4. The van der Waals surface area contributed by atoms with E-state index in [-0.39, 0.29) is 11.4 Å². The van der Waals surface area contributed by atoms with Crippen LogP contribution in [0.3, 0.4) is 0 Å². The van der Waals surface area contributed by atoms with Gasteiger partial charge in [0.05, 0.1) is 5.25 Å². The third-order valence-corrected chi connectivity index (χ3v) is 4.85. The first-order valence-corrected chi connectivity index (χ1v) is 7.25. The van der Waals surface area contributed by atoms with Crippen LogP contribution in [-0.4, -0.2) is 29.7 Å². The van der Waals surface area contributed by atoms with Gasteiger partial charge in [-0.3, -0.25) is 4.72 Å². The molecule has 1 heterocycles. The van der Waals surface area contributed by atoms with Crippen LogP contribution in [0.2, 0.25) is 0 Å². The number of hydrogen-bond acceptors (Lipinski definition) is 4. The molecule has 98 valence electrons. The van der Waals surface area contributed by atoms with E-state index in [4.69, 9.17) is 5.11 Å². The molecule has 0 aliphatic heterocycles. The number of pyridine rings is 1. The van der Waals surface area contributed by atoms with Crippen LogP contribution >= 0.6 is 0 Å². The molecule has 1 aliphatic rings. The maximum atomic E-state index is 12.0. The van der Waals surface area contributed by atoms with Crippen molar-refractivity contribution in [3.05, 3.63) is 23.9 Å². The molecule has 0 atom stereocenters. The van der Waals surface area contributed by atoms with Gasteiger partial charge in [0.2, 0.25) is 10.0 Å². The summed E-state index contributed by atoms with van der Waals surface area (Å²) in [6, 6.07) is 2.78. The molecular formula is C11H14N2O4S. The Morgan fingerprint density at radius 3 is 2.67 bits per heavy atom. The van der Waals surface area contributed by atoms with Crippen molar-refractivity contribution >= 4 is 21.8 Å². The first-order chi connectivity index (χ1) is 8.50. The lowest BCUT2D eigenvalue weighted by Crippen LogP contribution is -2.26. The van der Waals surface area contributed by atoms with E-state index >= 15 is 0 Å². The van der Waals surface area contributed by atoms with E-state index in [1.807, 2.05) is 0 Å². The number of nitrogens with one attached hydrogen (secondary N) is 1. The minimum atomic E-state index is -3.54. The average molecular weight is 270 g/mol. The molecule has 7 heteroatoms. The van der Waals surface area contributed by atoms with E-state index in [0.717, 1.165) is 12.8 Å². The summed E-state index contributed by atoms with van der Waals surface area (Å²) in [5.74, 6) is -1.32. The Morgan fingerprint density at radius 2 is 2.06 bits per heavy atom. The Kier molecular flexibility index (Phi) is 3.51. The lowest BCUT2D eigenvalue weighted by atomic mass is 10.3. The highest BCUT2D eigenvalue weighted by molar-refractivity contribution is 7.93. The van der Waals surface area contributed by atoms with Gasteiger partial charge in [0, 0.05) is 6.20 Å². The number of nitrogens with zero attached hydrogens (tertiary/aromatic N) is 1. The molecule has 0 bridgehead atoms. The zero-order chi connectivity index (χ0) is 13.2. The third kappa shape index (κ3) is 2.61. The zero-order valence-electron chi connectivity index (χ0n) is 9.67. The van der Waals surface area contributed by atoms with E-state index in [2.05, 4.69) is 9.71 Å². The molecule has 1 saturated carbocycles. The van der Waals surface area contributed by atoms with Crippen molar-refractivity contribution in [1.29, 1.82) is 0 Å². The monoisotopic (exact) mass is 270 g/mol. The quantitative estimate of drug-likeness (QED) is 0.863. The molecule has 0 unspecified atom stereocenters. The maximum Gasteiger partial charge on any atom is 0.339 e. The van der Waals surface area contributed by atoms with Gasteiger partial charge in [-0.05, 0) is 25.0 Å². The van der Waals surface area contributed by atoms with Crippen molar-refractivity contribution in [2.45, 2.75) is 30.9 Å². The second-order valence-electron chi connectivity index (χ2n) is 4.26. The highest BCUT2D eigenvalue weighted by atomic mass is 32.2. The molecular weight excluding hydrogens is 256 g/mol. The van der Waals surface area contributed by atoms with Crippen molar-refractivity contribution in [1.82, 2.24) is 4.98 Å². The highest BCUT2D eigenvalue weighted by Gasteiger charge is 2.29. The van der Waals surface area contributed by atoms with Crippen LogP contribution in [0.25, 0.3) is 0 Å².